The molecule has 0 bridgehead atoms. The third-order valence-corrected chi connectivity index (χ3v) is 3.97. The van der Waals surface area contributed by atoms with Gasteiger partial charge in [0, 0.05) is 25.2 Å². The number of ether oxygens (including phenoxy) is 3. The van der Waals surface area contributed by atoms with Gasteiger partial charge in [0.2, 0.25) is 6.79 Å². The van der Waals surface area contributed by atoms with Gasteiger partial charge >= 0.3 is 6.09 Å². The lowest BCUT2D eigenvalue weighted by Gasteiger charge is -2.25. The zero-order chi connectivity index (χ0) is 13.5. The van der Waals surface area contributed by atoms with Gasteiger partial charge in [0.05, 0.1) is 17.9 Å². The van der Waals surface area contributed by atoms with Crippen LogP contribution in [0.4, 0.5) is 16.2 Å². The molecule has 6 heteroatoms. The third-order valence-electron chi connectivity index (χ3n) is 3.97. The highest BCUT2D eigenvalue weighted by Gasteiger charge is 2.30. The van der Waals surface area contributed by atoms with Crippen LogP contribution in [0.2, 0.25) is 0 Å². The molecule has 1 amide bonds. The molecule has 6 nitrogen and oxygen atoms in total. The molecule has 3 aliphatic heterocycles. The van der Waals surface area contributed by atoms with Gasteiger partial charge in [-0.3, -0.25) is 4.90 Å². The van der Waals surface area contributed by atoms with Crippen molar-refractivity contribution in [1.29, 1.82) is 0 Å². The predicted molar refractivity (Wildman–Crippen MR) is 72.7 cm³/mol. The van der Waals surface area contributed by atoms with Crippen molar-refractivity contribution in [3.8, 4) is 11.5 Å². The van der Waals surface area contributed by atoms with E-state index in [1.165, 1.54) is 12.8 Å². The van der Waals surface area contributed by atoms with Crippen LogP contribution in [0.15, 0.2) is 12.1 Å². The average molecular weight is 276 g/mol. The van der Waals surface area contributed by atoms with Crippen molar-refractivity contribution in [3.63, 3.8) is 0 Å². The summed E-state index contributed by atoms with van der Waals surface area (Å²) in [6, 6.07) is 3.87. The van der Waals surface area contributed by atoms with E-state index in [1.54, 1.807) is 4.90 Å². The molecule has 1 aromatic rings. The fourth-order valence-electron chi connectivity index (χ4n) is 2.96. The molecular formula is C14H16N2O4. The van der Waals surface area contributed by atoms with E-state index in [-0.39, 0.29) is 12.9 Å². The lowest BCUT2D eigenvalue weighted by molar-refractivity contribution is 0.174. The molecule has 0 spiro atoms. The number of carbonyl (C=O) groups excluding carboxylic acids is 1. The first-order chi connectivity index (χ1) is 9.83. The summed E-state index contributed by atoms with van der Waals surface area (Å²) in [5.74, 6) is 1.45. The Labute approximate surface area is 116 Å². The highest BCUT2D eigenvalue weighted by atomic mass is 16.7. The molecule has 3 aliphatic rings. The van der Waals surface area contributed by atoms with Crippen molar-refractivity contribution in [3.05, 3.63) is 12.1 Å². The molecular weight excluding hydrogens is 260 g/mol. The van der Waals surface area contributed by atoms with Crippen LogP contribution < -0.4 is 19.3 Å². The molecule has 2 saturated heterocycles. The normalized spacial score (nSPS) is 20.7. The number of carbonyl (C=O) groups is 1. The Balaban J connectivity index is 1.80. The number of rotatable bonds is 2. The lowest BCUT2D eigenvalue weighted by Crippen LogP contribution is -2.27. The fraction of sp³-hybridized carbons (Fsp3) is 0.500. The second-order valence-corrected chi connectivity index (χ2v) is 5.15. The van der Waals surface area contributed by atoms with E-state index in [1.807, 2.05) is 12.1 Å². The molecule has 0 unspecified atom stereocenters. The minimum absolute atomic E-state index is 0.239. The molecule has 0 N–H and O–H groups in total. The number of hydrogen-bond donors (Lipinski definition) is 0. The average Bonchev–Trinajstić information content (AvgIpc) is 3.18. The number of amides is 1. The molecule has 3 heterocycles. The second kappa shape index (κ2) is 4.47. The summed E-state index contributed by atoms with van der Waals surface area (Å²) in [5, 5.41) is 0. The summed E-state index contributed by atoms with van der Waals surface area (Å²) in [7, 11) is 0. The van der Waals surface area contributed by atoms with Crippen molar-refractivity contribution in [2.45, 2.75) is 12.8 Å². The molecule has 106 valence electrons. The monoisotopic (exact) mass is 276 g/mol. The van der Waals surface area contributed by atoms with Gasteiger partial charge in [-0.1, -0.05) is 0 Å². The largest absolute Gasteiger partial charge is 0.454 e. The minimum atomic E-state index is -0.288. The van der Waals surface area contributed by atoms with Gasteiger partial charge in [-0.25, -0.2) is 4.79 Å². The van der Waals surface area contributed by atoms with Crippen LogP contribution in [-0.4, -0.2) is 39.1 Å². The van der Waals surface area contributed by atoms with Gasteiger partial charge in [0.15, 0.2) is 11.5 Å². The Morgan fingerprint density at radius 3 is 2.25 bits per heavy atom. The Kier molecular flexibility index (Phi) is 2.61. The quantitative estimate of drug-likeness (QED) is 0.826. The van der Waals surface area contributed by atoms with Crippen molar-refractivity contribution in [2.24, 2.45) is 0 Å². The van der Waals surface area contributed by atoms with Gasteiger partial charge < -0.3 is 19.1 Å². The van der Waals surface area contributed by atoms with Crippen LogP contribution >= 0.6 is 0 Å². The molecule has 0 saturated carbocycles. The van der Waals surface area contributed by atoms with Crippen LogP contribution in [0.1, 0.15) is 12.8 Å². The number of fused-ring (bicyclic) bond motifs is 1. The Morgan fingerprint density at radius 1 is 0.900 bits per heavy atom. The highest BCUT2D eigenvalue weighted by Crippen LogP contribution is 2.44. The Bertz CT molecular complexity index is 554. The van der Waals surface area contributed by atoms with Gasteiger partial charge in [-0.2, -0.15) is 0 Å². The molecule has 20 heavy (non-hydrogen) atoms. The predicted octanol–water partition coefficient (Wildman–Crippen LogP) is 1.97. The molecule has 4 rings (SSSR count). The Morgan fingerprint density at radius 2 is 1.60 bits per heavy atom. The summed E-state index contributed by atoms with van der Waals surface area (Å²) in [5.41, 5.74) is 1.89. The summed E-state index contributed by atoms with van der Waals surface area (Å²) >= 11 is 0. The van der Waals surface area contributed by atoms with Crippen molar-refractivity contribution >= 4 is 17.5 Å². The maximum Gasteiger partial charge on any atom is 0.414 e. The Hall–Kier alpha value is -2.11. The summed E-state index contributed by atoms with van der Waals surface area (Å²) in [6.07, 6.45) is 2.07. The maximum absolute atomic E-state index is 11.9. The minimum Gasteiger partial charge on any atom is -0.454 e. The van der Waals surface area contributed by atoms with E-state index >= 15 is 0 Å². The molecule has 0 atom stereocenters. The van der Waals surface area contributed by atoms with E-state index in [4.69, 9.17) is 14.2 Å². The van der Waals surface area contributed by atoms with E-state index in [9.17, 15) is 4.79 Å². The summed E-state index contributed by atoms with van der Waals surface area (Å²) in [6.45, 7) is 3.28. The summed E-state index contributed by atoms with van der Waals surface area (Å²) in [4.78, 5) is 15.8. The number of benzene rings is 1. The number of nitrogens with zero attached hydrogens (tertiary/aromatic N) is 2. The van der Waals surface area contributed by atoms with Crippen molar-refractivity contribution in [1.82, 2.24) is 0 Å². The first kappa shape index (κ1) is 11.7. The smallest absolute Gasteiger partial charge is 0.414 e. The highest BCUT2D eigenvalue weighted by molar-refractivity contribution is 5.95. The topological polar surface area (TPSA) is 51.2 Å². The lowest BCUT2D eigenvalue weighted by atomic mass is 10.2. The van der Waals surface area contributed by atoms with Crippen molar-refractivity contribution in [2.75, 3.05) is 42.8 Å². The standard InChI is InChI=1S/C14H16N2O4/c17-14-16(5-6-18-14)11-8-13-12(19-9-20-13)7-10(11)15-3-1-2-4-15/h7-8H,1-6,9H2. The summed E-state index contributed by atoms with van der Waals surface area (Å²) < 4.78 is 15.9. The second-order valence-electron chi connectivity index (χ2n) is 5.15. The van der Waals surface area contributed by atoms with E-state index in [0.29, 0.717) is 18.9 Å². The van der Waals surface area contributed by atoms with E-state index in [0.717, 1.165) is 30.2 Å². The van der Waals surface area contributed by atoms with Crippen LogP contribution in [-0.2, 0) is 4.74 Å². The van der Waals surface area contributed by atoms with Crippen LogP contribution in [0.3, 0.4) is 0 Å². The SMILES string of the molecule is O=C1OCCN1c1cc2c(cc1N1CCCC1)OCO2. The van der Waals surface area contributed by atoms with E-state index < -0.39 is 0 Å². The molecule has 0 aromatic heterocycles. The first-order valence-corrected chi connectivity index (χ1v) is 6.96. The van der Waals surface area contributed by atoms with Crippen LogP contribution in [0.5, 0.6) is 11.5 Å². The molecule has 0 aliphatic carbocycles. The van der Waals surface area contributed by atoms with E-state index in [2.05, 4.69) is 4.90 Å². The van der Waals surface area contributed by atoms with Crippen LogP contribution in [0, 0.1) is 0 Å². The fourth-order valence-corrected chi connectivity index (χ4v) is 2.96. The van der Waals surface area contributed by atoms with Crippen LogP contribution in [0.25, 0.3) is 0 Å². The number of hydrogen-bond acceptors (Lipinski definition) is 5. The maximum atomic E-state index is 11.9. The molecule has 2 fully saturated rings. The number of anilines is 2. The molecule has 1 aromatic carbocycles. The van der Waals surface area contributed by atoms with Crippen molar-refractivity contribution < 1.29 is 19.0 Å². The number of cyclic esters (lactones) is 1. The van der Waals surface area contributed by atoms with Gasteiger partial charge in [0.1, 0.15) is 6.61 Å². The zero-order valence-electron chi connectivity index (χ0n) is 11.1. The van der Waals surface area contributed by atoms with Gasteiger partial charge in [0.25, 0.3) is 0 Å². The van der Waals surface area contributed by atoms with Gasteiger partial charge in [-0.05, 0) is 12.8 Å². The molecule has 0 radical (unpaired) electrons. The first-order valence-electron chi connectivity index (χ1n) is 6.96. The third kappa shape index (κ3) is 1.75. The van der Waals surface area contributed by atoms with Gasteiger partial charge in [-0.15, -0.1) is 0 Å². The zero-order valence-corrected chi connectivity index (χ0v) is 11.1.